The van der Waals surface area contributed by atoms with Gasteiger partial charge >= 0.3 is 0 Å². The Kier molecular flexibility index (Phi) is 4.82. The van der Waals surface area contributed by atoms with Crippen molar-refractivity contribution in [1.29, 1.82) is 0 Å². The molecule has 0 aliphatic carbocycles. The predicted molar refractivity (Wildman–Crippen MR) is 86.7 cm³/mol. The van der Waals surface area contributed by atoms with Gasteiger partial charge < -0.3 is 14.4 Å². The minimum absolute atomic E-state index is 0.0585. The SMILES string of the molecule is COc1cc(C(=O)N2CCN(C)C3(CCOCC3)CC2)ccn1. The summed E-state index contributed by atoms with van der Waals surface area (Å²) in [5.74, 6) is 0.534. The van der Waals surface area contributed by atoms with E-state index in [0.29, 0.717) is 11.4 Å². The van der Waals surface area contributed by atoms with Crippen molar-refractivity contribution in [3.63, 3.8) is 0 Å². The van der Waals surface area contributed by atoms with Crippen molar-refractivity contribution in [2.45, 2.75) is 24.8 Å². The van der Waals surface area contributed by atoms with E-state index in [1.54, 1.807) is 25.4 Å². The van der Waals surface area contributed by atoms with E-state index in [1.165, 1.54) is 0 Å². The molecular formula is C17H25N3O3. The summed E-state index contributed by atoms with van der Waals surface area (Å²) in [6, 6.07) is 3.46. The normalized spacial score (nSPS) is 21.9. The largest absolute Gasteiger partial charge is 0.481 e. The third-order valence-corrected chi connectivity index (χ3v) is 5.26. The number of rotatable bonds is 2. The standard InChI is InChI=1S/C17H25N3O3/c1-19-9-10-20(8-4-17(19)5-11-23-12-6-17)16(21)14-3-7-18-15(13-14)22-2/h3,7,13H,4-6,8-12H2,1-2H3. The molecule has 1 aromatic heterocycles. The molecule has 23 heavy (non-hydrogen) atoms. The lowest BCUT2D eigenvalue weighted by Crippen LogP contribution is -2.50. The van der Waals surface area contributed by atoms with Crippen molar-refractivity contribution >= 4 is 5.91 Å². The summed E-state index contributed by atoms with van der Waals surface area (Å²) in [5, 5.41) is 0. The van der Waals surface area contributed by atoms with Gasteiger partial charge in [0.05, 0.1) is 7.11 Å². The van der Waals surface area contributed by atoms with Gasteiger partial charge in [0.2, 0.25) is 5.88 Å². The van der Waals surface area contributed by atoms with E-state index >= 15 is 0 Å². The molecule has 2 saturated heterocycles. The number of carbonyl (C=O) groups is 1. The second-order valence-corrected chi connectivity index (χ2v) is 6.39. The summed E-state index contributed by atoms with van der Waals surface area (Å²) >= 11 is 0. The first-order valence-electron chi connectivity index (χ1n) is 8.23. The van der Waals surface area contributed by atoms with E-state index in [0.717, 1.165) is 52.1 Å². The summed E-state index contributed by atoms with van der Waals surface area (Å²) in [5.41, 5.74) is 0.825. The fourth-order valence-electron chi connectivity index (χ4n) is 3.58. The van der Waals surface area contributed by atoms with Gasteiger partial charge in [0.1, 0.15) is 0 Å². The van der Waals surface area contributed by atoms with E-state index in [9.17, 15) is 4.79 Å². The van der Waals surface area contributed by atoms with Crippen molar-refractivity contribution in [3.8, 4) is 5.88 Å². The van der Waals surface area contributed by atoms with Crippen LogP contribution in [0.1, 0.15) is 29.6 Å². The molecule has 0 bridgehead atoms. The van der Waals surface area contributed by atoms with Crippen LogP contribution in [0.5, 0.6) is 5.88 Å². The second kappa shape index (κ2) is 6.84. The predicted octanol–water partition coefficient (Wildman–Crippen LogP) is 1.42. The van der Waals surface area contributed by atoms with Gasteiger partial charge in [0.15, 0.2) is 0 Å². The number of hydrogen-bond acceptors (Lipinski definition) is 5. The highest BCUT2D eigenvalue weighted by Crippen LogP contribution is 2.32. The summed E-state index contributed by atoms with van der Waals surface area (Å²) in [4.78, 5) is 21.2. The molecule has 0 atom stereocenters. The quantitative estimate of drug-likeness (QED) is 0.825. The number of methoxy groups -OCH3 is 1. The van der Waals surface area contributed by atoms with Crippen molar-refractivity contribution in [1.82, 2.24) is 14.8 Å². The number of amides is 1. The minimum atomic E-state index is 0.0585. The van der Waals surface area contributed by atoms with Crippen molar-refractivity contribution in [3.05, 3.63) is 23.9 Å². The maximum absolute atomic E-state index is 12.8. The van der Waals surface area contributed by atoms with E-state index in [4.69, 9.17) is 9.47 Å². The lowest BCUT2D eigenvalue weighted by atomic mass is 9.85. The summed E-state index contributed by atoms with van der Waals surface area (Å²) in [7, 11) is 3.74. The van der Waals surface area contributed by atoms with E-state index < -0.39 is 0 Å². The first-order chi connectivity index (χ1) is 11.1. The van der Waals surface area contributed by atoms with Crippen LogP contribution in [0.4, 0.5) is 0 Å². The van der Waals surface area contributed by atoms with Gasteiger partial charge in [-0.15, -0.1) is 0 Å². The third-order valence-electron chi connectivity index (χ3n) is 5.26. The van der Waals surface area contributed by atoms with Gasteiger partial charge in [-0.2, -0.15) is 0 Å². The monoisotopic (exact) mass is 319 g/mol. The Balaban J connectivity index is 1.72. The van der Waals surface area contributed by atoms with Crippen LogP contribution in [-0.2, 0) is 4.74 Å². The number of hydrogen-bond donors (Lipinski definition) is 0. The molecule has 6 nitrogen and oxygen atoms in total. The lowest BCUT2D eigenvalue weighted by Gasteiger charge is -2.43. The van der Waals surface area contributed by atoms with Gasteiger partial charge in [-0.3, -0.25) is 9.69 Å². The maximum atomic E-state index is 12.8. The van der Waals surface area contributed by atoms with Crippen LogP contribution in [0.15, 0.2) is 18.3 Å². The molecule has 0 radical (unpaired) electrons. The van der Waals surface area contributed by atoms with Crippen molar-refractivity contribution < 1.29 is 14.3 Å². The van der Waals surface area contributed by atoms with Gasteiger partial charge in [-0.25, -0.2) is 4.98 Å². The Hall–Kier alpha value is -1.66. The molecule has 3 heterocycles. The van der Waals surface area contributed by atoms with E-state index in [1.807, 2.05) is 4.90 Å². The zero-order chi connectivity index (χ0) is 16.3. The zero-order valence-electron chi connectivity index (χ0n) is 14.0. The van der Waals surface area contributed by atoms with Crippen molar-refractivity contribution in [2.75, 3.05) is 47.0 Å². The third kappa shape index (κ3) is 3.33. The molecule has 2 aliphatic rings. The molecule has 2 fully saturated rings. The molecule has 2 aliphatic heterocycles. The van der Waals surface area contributed by atoms with Crippen LogP contribution in [0.2, 0.25) is 0 Å². The summed E-state index contributed by atoms with van der Waals surface area (Å²) in [6.07, 6.45) is 4.72. The summed E-state index contributed by atoms with van der Waals surface area (Å²) in [6.45, 7) is 4.07. The number of ether oxygens (including phenoxy) is 2. The second-order valence-electron chi connectivity index (χ2n) is 6.39. The Labute approximate surface area is 137 Å². The Morgan fingerprint density at radius 1 is 1.26 bits per heavy atom. The van der Waals surface area contributed by atoms with Crippen molar-refractivity contribution in [2.24, 2.45) is 0 Å². The van der Waals surface area contributed by atoms with Crippen LogP contribution in [-0.4, -0.2) is 73.2 Å². The fourth-order valence-corrected chi connectivity index (χ4v) is 3.58. The molecule has 126 valence electrons. The maximum Gasteiger partial charge on any atom is 0.254 e. The number of carbonyl (C=O) groups excluding carboxylic acids is 1. The molecule has 0 N–H and O–H groups in total. The first kappa shape index (κ1) is 16.2. The molecular weight excluding hydrogens is 294 g/mol. The molecule has 1 aromatic rings. The average molecular weight is 319 g/mol. The van der Waals surface area contributed by atoms with Gasteiger partial charge in [-0.1, -0.05) is 0 Å². The molecule has 6 heteroatoms. The average Bonchev–Trinajstić information content (AvgIpc) is 2.76. The summed E-state index contributed by atoms with van der Waals surface area (Å²) < 4.78 is 10.6. The highest BCUT2D eigenvalue weighted by atomic mass is 16.5. The smallest absolute Gasteiger partial charge is 0.254 e. The van der Waals surface area contributed by atoms with Crippen LogP contribution in [0.25, 0.3) is 0 Å². The Morgan fingerprint density at radius 2 is 2.04 bits per heavy atom. The van der Waals surface area contributed by atoms with Crippen LogP contribution in [0.3, 0.4) is 0 Å². The lowest BCUT2D eigenvalue weighted by molar-refractivity contribution is -0.0158. The van der Waals surface area contributed by atoms with Crippen LogP contribution >= 0.6 is 0 Å². The van der Waals surface area contributed by atoms with E-state index in [2.05, 4.69) is 16.9 Å². The topological polar surface area (TPSA) is 54.9 Å². The molecule has 1 spiro atoms. The minimum Gasteiger partial charge on any atom is -0.481 e. The molecule has 0 aromatic carbocycles. The highest BCUT2D eigenvalue weighted by Gasteiger charge is 2.39. The molecule has 0 saturated carbocycles. The Bertz CT molecular complexity index is 558. The van der Waals surface area contributed by atoms with Gasteiger partial charge in [0.25, 0.3) is 5.91 Å². The van der Waals surface area contributed by atoms with Gasteiger partial charge in [0, 0.05) is 56.2 Å². The fraction of sp³-hybridized carbons (Fsp3) is 0.647. The molecule has 3 rings (SSSR count). The van der Waals surface area contributed by atoms with Crippen LogP contribution in [0, 0.1) is 0 Å². The number of pyridine rings is 1. The number of aromatic nitrogens is 1. The van der Waals surface area contributed by atoms with E-state index in [-0.39, 0.29) is 11.4 Å². The molecule has 1 amide bonds. The molecule has 0 unspecified atom stereocenters. The number of likely N-dealkylation sites (N-methyl/N-ethyl adjacent to an activating group) is 1. The van der Waals surface area contributed by atoms with Crippen LogP contribution < -0.4 is 4.74 Å². The number of nitrogens with zero attached hydrogens (tertiary/aromatic N) is 3. The highest BCUT2D eigenvalue weighted by molar-refractivity contribution is 5.94. The zero-order valence-corrected chi connectivity index (χ0v) is 14.0. The van der Waals surface area contributed by atoms with Gasteiger partial charge in [-0.05, 0) is 32.4 Å². The Morgan fingerprint density at radius 3 is 2.78 bits per heavy atom. The first-order valence-corrected chi connectivity index (χ1v) is 8.23.